The molecule has 0 aliphatic carbocycles. The molecule has 2 amide bonds. The van der Waals surface area contributed by atoms with Crippen LogP contribution in [0.15, 0.2) is 35.2 Å². The number of benzene rings is 1. The van der Waals surface area contributed by atoms with E-state index in [9.17, 15) is 4.79 Å². The molecule has 0 unspecified atom stereocenters. The van der Waals surface area contributed by atoms with Crippen LogP contribution in [0.2, 0.25) is 0 Å². The first-order chi connectivity index (χ1) is 11.2. The molecule has 1 heterocycles. The van der Waals surface area contributed by atoms with Crippen LogP contribution in [0.5, 0.6) is 0 Å². The van der Waals surface area contributed by atoms with Gasteiger partial charge in [-0.15, -0.1) is 11.8 Å². The highest BCUT2D eigenvalue weighted by molar-refractivity contribution is 7.99. The van der Waals surface area contributed by atoms with Gasteiger partial charge in [-0.1, -0.05) is 24.6 Å². The predicted octanol–water partition coefficient (Wildman–Crippen LogP) is 3.29. The van der Waals surface area contributed by atoms with E-state index in [1.54, 1.807) is 4.90 Å². The van der Waals surface area contributed by atoms with Gasteiger partial charge in [0.2, 0.25) is 0 Å². The number of hydrogen-bond acceptors (Lipinski definition) is 3. The lowest BCUT2D eigenvalue weighted by atomic mass is 10.0. The molecule has 0 spiro atoms. The Hall–Kier alpha value is -1.20. The maximum Gasteiger partial charge on any atom is 0.317 e. The average Bonchev–Trinajstić information content (AvgIpc) is 2.58. The molecule has 1 fully saturated rings. The van der Waals surface area contributed by atoms with Crippen molar-refractivity contribution >= 4 is 17.8 Å². The summed E-state index contributed by atoms with van der Waals surface area (Å²) in [6, 6.07) is 11.0. The second kappa shape index (κ2) is 9.83. The minimum absolute atomic E-state index is 0.0497. The summed E-state index contributed by atoms with van der Waals surface area (Å²) in [7, 11) is 4.04. The minimum atomic E-state index is 0.0497. The number of hydrogen-bond donors (Lipinski definition) is 1. The van der Waals surface area contributed by atoms with Gasteiger partial charge in [0.15, 0.2) is 0 Å². The van der Waals surface area contributed by atoms with Crippen LogP contribution in [-0.2, 0) is 0 Å². The Morgan fingerprint density at radius 2 is 2.13 bits per heavy atom. The van der Waals surface area contributed by atoms with Crippen LogP contribution in [-0.4, -0.2) is 61.4 Å². The van der Waals surface area contributed by atoms with Crippen molar-refractivity contribution in [3.63, 3.8) is 0 Å². The summed E-state index contributed by atoms with van der Waals surface area (Å²) in [6.45, 7) is 2.71. The summed E-state index contributed by atoms with van der Waals surface area (Å²) < 4.78 is 0. The third kappa shape index (κ3) is 6.43. The van der Waals surface area contributed by atoms with Crippen LogP contribution in [0.1, 0.15) is 25.7 Å². The molecule has 1 aromatic carbocycles. The largest absolute Gasteiger partial charge is 0.336 e. The maximum atomic E-state index is 12.1. The van der Waals surface area contributed by atoms with Crippen LogP contribution >= 0.6 is 11.8 Å². The highest BCUT2D eigenvalue weighted by atomic mass is 32.2. The summed E-state index contributed by atoms with van der Waals surface area (Å²) in [4.78, 5) is 17.6. The van der Waals surface area contributed by atoms with Crippen molar-refractivity contribution < 1.29 is 4.79 Å². The zero-order valence-corrected chi connectivity index (χ0v) is 15.1. The number of likely N-dealkylation sites (N-methyl/N-ethyl adjacent to an activating group) is 1. The lowest BCUT2D eigenvalue weighted by Gasteiger charge is -2.33. The van der Waals surface area contributed by atoms with Crippen molar-refractivity contribution in [1.29, 1.82) is 0 Å². The minimum Gasteiger partial charge on any atom is -0.336 e. The summed E-state index contributed by atoms with van der Waals surface area (Å²) in [5.74, 6) is 1.03. The van der Waals surface area contributed by atoms with Crippen LogP contribution in [0.4, 0.5) is 4.79 Å². The smallest absolute Gasteiger partial charge is 0.317 e. The second-order valence-electron chi connectivity index (χ2n) is 6.25. The predicted molar refractivity (Wildman–Crippen MR) is 98.1 cm³/mol. The molecule has 1 saturated heterocycles. The van der Waals surface area contributed by atoms with Gasteiger partial charge < -0.3 is 15.1 Å². The third-order valence-corrected chi connectivity index (χ3v) is 5.51. The fraction of sp³-hybridized carbons (Fsp3) is 0.611. The lowest BCUT2D eigenvalue weighted by molar-refractivity contribution is 0.172. The third-order valence-electron chi connectivity index (χ3n) is 4.41. The summed E-state index contributed by atoms with van der Waals surface area (Å²) in [6.07, 6.45) is 4.75. The van der Waals surface area contributed by atoms with E-state index in [-0.39, 0.29) is 6.03 Å². The Morgan fingerprint density at radius 1 is 1.35 bits per heavy atom. The van der Waals surface area contributed by atoms with E-state index in [1.165, 1.54) is 24.2 Å². The number of amides is 2. The fourth-order valence-electron chi connectivity index (χ4n) is 2.85. The molecule has 0 bridgehead atoms. The number of carbonyl (C=O) groups excluding carboxylic acids is 1. The lowest BCUT2D eigenvalue weighted by Crippen LogP contribution is -2.47. The van der Waals surface area contributed by atoms with Gasteiger partial charge in [0.1, 0.15) is 0 Å². The Balaban J connectivity index is 1.59. The van der Waals surface area contributed by atoms with Crippen molar-refractivity contribution in [3.8, 4) is 0 Å². The topological polar surface area (TPSA) is 35.6 Å². The number of carbonyl (C=O) groups is 1. The first-order valence-corrected chi connectivity index (χ1v) is 9.52. The molecule has 23 heavy (non-hydrogen) atoms. The molecule has 0 radical (unpaired) electrons. The van der Waals surface area contributed by atoms with Gasteiger partial charge in [0.05, 0.1) is 0 Å². The van der Waals surface area contributed by atoms with Crippen molar-refractivity contribution in [2.45, 2.75) is 36.6 Å². The molecule has 128 valence electrons. The van der Waals surface area contributed by atoms with Crippen molar-refractivity contribution in [2.24, 2.45) is 0 Å². The van der Waals surface area contributed by atoms with E-state index in [1.807, 2.05) is 24.9 Å². The highest BCUT2D eigenvalue weighted by Gasteiger charge is 2.19. The standard InChI is InChI=1S/C18H29N3OS/c1-20-12-7-6-9-16(20)15-19-18(22)21(2)13-8-14-23-17-10-4-3-5-11-17/h3-5,10-11,16H,6-9,12-15H2,1-2H3,(H,19,22)/t16-/m1/s1. The average molecular weight is 336 g/mol. The van der Waals surface area contributed by atoms with Crippen molar-refractivity contribution in [1.82, 2.24) is 15.1 Å². The Labute approximate surface area is 144 Å². The molecule has 1 aliphatic heterocycles. The van der Waals surface area contributed by atoms with Gasteiger partial charge in [0.25, 0.3) is 0 Å². The molecule has 0 aromatic heterocycles. The van der Waals surface area contributed by atoms with E-state index in [4.69, 9.17) is 0 Å². The molecule has 2 rings (SSSR count). The van der Waals surface area contributed by atoms with E-state index in [0.29, 0.717) is 6.04 Å². The summed E-state index contributed by atoms with van der Waals surface area (Å²) >= 11 is 1.85. The first-order valence-electron chi connectivity index (χ1n) is 8.54. The monoisotopic (exact) mass is 335 g/mol. The van der Waals surface area contributed by atoms with Crippen LogP contribution in [0, 0.1) is 0 Å². The Kier molecular flexibility index (Phi) is 7.76. The number of nitrogens with zero attached hydrogens (tertiary/aromatic N) is 2. The van der Waals surface area contributed by atoms with E-state index in [0.717, 1.165) is 31.8 Å². The molecule has 0 saturated carbocycles. The summed E-state index contributed by atoms with van der Waals surface area (Å²) in [5, 5.41) is 3.08. The number of nitrogens with one attached hydrogen (secondary N) is 1. The summed E-state index contributed by atoms with van der Waals surface area (Å²) in [5.41, 5.74) is 0. The van der Waals surface area contributed by atoms with Gasteiger partial charge >= 0.3 is 6.03 Å². The van der Waals surface area contributed by atoms with Crippen molar-refractivity contribution in [2.75, 3.05) is 39.5 Å². The zero-order chi connectivity index (χ0) is 16.5. The van der Waals surface area contributed by atoms with Crippen LogP contribution in [0.3, 0.4) is 0 Å². The van der Waals surface area contributed by atoms with E-state index < -0.39 is 0 Å². The van der Waals surface area contributed by atoms with E-state index in [2.05, 4.69) is 41.5 Å². The Morgan fingerprint density at radius 3 is 2.87 bits per heavy atom. The fourth-order valence-corrected chi connectivity index (χ4v) is 3.71. The molecule has 1 N–H and O–H groups in total. The van der Waals surface area contributed by atoms with Gasteiger partial charge in [0, 0.05) is 31.1 Å². The van der Waals surface area contributed by atoms with Gasteiger partial charge in [-0.25, -0.2) is 4.79 Å². The van der Waals surface area contributed by atoms with Crippen LogP contribution in [0.25, 0.3) is 0 Å². The number of thioether (sulfide) groups is 1. The molecule has 1 atom stereocenters. The molecular weight excluding hydrogens is 306 g/mol. The maximum absolute atomic E-state index is 12.1. The molecular formula is C18H29N3OS. The molecule has 1 aliphatic rings. The van der Waals surface area contributed by atoms with Crippen LogP contribution < -0.4 is 5.32 Å². The molecule has 1 aromatic rings. The number of piperidine rings is 1. The molecule has 4 nitrogen and oxygen atoms in total. The normalized spacial score (nSPS) is 18.6. The molecule has 5 heteroatoms. The Bertz CT molecular complexity index is 469. The quantitative estimate of drug-likeness (QED) is 0.613. The SMILES string of the molecule is CN(CCCSc1ccccc1)C(=O)NC[C@H]1CCCCN1C. The zero-order valence-electron chi connectivity index (χ0n) is 14.3. The van der Waals surface area contributed by atoms with Gasteiger partial charge in [-0.05, 0) is 50.7 Å². The first kappa shape index (κ1) is 18.1. The number of likely N-dealkylation sites (tertiary alicyclic amines) is 1. The second-order valence-corrected chi connectivity index (χ2v) is 7.42. The van der Waals surface area contributed by atoms with Crippen molar-refractivity contribution in [3.05, 3.63) is 30.3 Å². The van der Waals surface area contributed by atoms with E-state index >= 15 is 0 Å². The number of urea groups is 1. The highest BCUT2D eigenvalue weighted by Crippen LogP contribution is 2.17. The number of rotatable bonds is 7. The van der Waals surface area contributed by atoms with Gasteiger partial charge in [-0.3, -0.25) is 0 Å². The van der Waals surface area contributed by atoms with Gasteiger partial charge in [-0.2, -0.15) is 0 Å².